The van der Waals surface area contributed by atoms with Gasteiger partial charge in [0.05, 0.1) is 0 Å². The maximum Gasteiger partial charge on any atom is 0.482 e. The van der Waals surface area contributed by atoms with Crippen molar-refractivity contribution in [2.75, 3.05) is 0 Å². The molecule has 14 heavy (non-hydrogen) atoms. The molecular formula is C6H13BCl2NO4. The summed E-state index contributed by atoms with van der Waals surface area (Å²) in [4.78, 5) is 10.5. The van der Waals surface area contributed by atoms with Crippen molar-refractivity contribution in [3.05, 3.63) is 0 Å². The first kappa shape index (κ1) is 16.4. The van der Waals surface area contributed by atoms with E-state index in [-0.39, 0.29) is 13.6 Å². The van der Waals surface area contributed by atoms with Crippen LogP contribution in [0.5, 0.6) is 0 Å². The summed E-state index contributed by atoms with van der Waals surface area (Å²) >= 11 is 10.6. The van der Waals surface area contributed by atoms with Crippen molar-refractivity contribution in [2.45, 2.75) is 26.3 Å². The molecule has 5 nitrogen and oxygen atoms in total. The topological polar surface area (TPSA) is 81.0 Å². The van der Waals surface area contributed by atoms with E-state index in [4.69, 9.17) is 38.7 Å². The molecule has 0 aromatic rings. The fraction of sp³-hybridized carbons (Fsp3) is 0.833. The predicted octanol–water partition coefficient (Wildman–Crippen LogP) is 0.600. The summed E-state index contributed by atoms with van der Waals surface area (Å²) in [6, 6.07) is -0.807. The van der Waals surface area contributed by atoms with E-state index >= 15 is 0 Å². The lowest BCUT2D eigenvalue weighted by Gasteiger charge is -2.16. The third-order valence-electron chi connectivity index (χ3n) is 1.22. The van der Waals surface area contributed by atoms with Crippen LogP contribution in [0.3, 0.4) is 0 Å². The molecule has 0 rings (SSSR count). The van der Waals surface area contributed by atoms with E-state index in [0.717, 1.165) is 0 Å². The Hall–Kier alpha value is -0.00506. The van der Waals surface area contributed by atoms with E-state index < -0.39 is 12.0 Å². The summed E-state index contributed by atoms with van der Waals surface area (Å²) in [5.41, 5.74) is 0. The van der Waals surface area contributed by atoms with Gasteiger partial charge in [0.25, 0.3) is 0 Å². The number of aliphatic carboxylic acids is 1. The zero-order valence-electron chi connectivity index (χ0n) is 7.89. The van der Waals surface area contributed by atoms with Gasteiger partial charge in [-0.05, 0) is 35.9 Å². The highest BCUT2D eigenvalue weighted by Crippen LogP contribution is 2.15. The van der Waals surface area contributed by atoms with E-state index in [1.807, 2.05) is 13.8 Å². The fourth-order valence-corrected chi connectivity index (χ4v) is 1.04. The zero-order chi connectivity index (χ0) is 11.7. The molecule has 0 aliphatic rings. The van der Waals surface area contributed by atoms with Crippen LogP contribution in [0.2, 0.25) is 0 Å². The number of nitrogens with zero attached hydrogens (tertiary/aromatic N) is 1. The molecule has 0 saturated carbocycles. The summed E-state index contributed by atoms with van der Waals surface area (Å²) in [7, 11) is 0. The SMILES string of the molecule is CC(C)C[C@@H](C(=O)O)N(Cl)Cl.O[B]O. The predicted molar refractivity (Wildman–Crippen MR) is 54.6 cm³/mol. The first-order chi connectivity index (χ1) is 6.36. The van der Waals surface area contributed by atoms with Crippen molar-refractivity contribution in [1.29, 1.82) is 0 Å². The molecule has 0 fully saturated rings. The number of rotatable bonds is 4. The Morgan fingerprint density at radius 3 is 1.86 bits per heavy atom. The van der Waals surface area contributed by atoms with Gasteiger partial charge in [-0.15, -0.1) is 3.94 Å². The Morgan fingerprint density at radius 1 is 1.43 bits per heavy atom. The van der Waals surface area contributed by atoms with Gasteiger partial charge in [0.15, 0.2) is 0 Å². The van der Waals surface area contributed by atoms with Crippen LogP contribution in [-0.2, 0) is 4.79 Å². The normalized spacial score (nSPS) is 12.0. The molecule has 8 heteroatoms. The molecule has 0 heterocycles. The second kappa shape index (κ2) is 9.55. The van der Waals surface area contributed by atoms with E-state index in [9.17, 15) is 4.79 Å². The molecule has 0 spiro atoms. The van der Waals surface area contributed by atoms with Gasteiger partial charge in [0, 0.05) is 0 Å². The van der Waals surface area contributed by atoms with Crippen LogP contribution in [0.25, 0.3) is 0 Å². The molecular weight excluding hydrogens is 232 g/mol. The molecule has 0 aromatic carbocycles. The number of carboxylic acids is 1. The highest BCUT2D eigenvalue weighted by molar-refractivity contribution is 6.34. The minimum Gasteiger partial charge on any atom is -0.480 e. The highest BCUT2D eigenvalue weighted by atomic mass is 35.5. The fourth-order valence-electron chi connectivity index (χ4n) is 0.711. The van der Waals surface area contributed by atoms with Crippen molar-refractivity contribution in [3.63, 3.8) is 0 Å². The van der Waals surface area contributed by atoms with Gasteiger partial charge in [-0.25, -0.2) is 0 Å². The van der Waals surface area contributed by atoms with Crippen molar-refractivity contribution in [1.82, 2.24) is 3.94 Å². The minimum atomic E-state index is -0.997. The standard InChI is InChI=1S/C6H11Cl2NO2.BH2O2/c1-4(2)3-5(6(10)11)9(7)8;2-1-3/h4-5H,3H2,1-2H3,(H,10,11);2-3H/t5-;/m0./s1. The molecule has 3 N–H and O–H groups in total. The molecule has 1 atom stereocenters. The van der Waals surface area contributed by atoms with E-state index in [0.29, 0.717) is 10.4 Å². The molecule has 0 unspecified atom stereocenters. The van der Waals surface area contributed by atoms with Gasteiger partial charge in [-0.3, -0.25) is 4.79 Å². The third-order valence-corrected chi connectivity index (χ3v) is 1.69. The van der Waals surface area contributed by atoms with Gasteiger partial charge < -0.3 is 15.2 Å². The lowest BCUT2D eigenvalue weighted by Crippen LogP contribution is -2.30. The van der Waals surface area contributed by atoms with Crippen LogP contribution in [0.15, 0.2) is 0 Å². The molecule has 1 radical (unpaired) electrons. The number of hydrogen-bond acceptors (Lipinski definition) is 4. The summed E-state index contributed by atoms with van der Waals surface area (Å²) in [5, 5.41) is 22.6. The molecule has 0 aliphatic heterocycles. The summed E-state index contributed by atoms with van der Waals surface area (Å²) in [6.45, 7) is 3.82. The Bertz CT molecular complexity index is 159. The van der Waals surface area contributed by atoms with Crippen LogP contribution in [-0.4, -0.2) is 38.8 Å². The summed E-state index contributed by atoms with van der Waals surface area (Å²) in [6.07, 6.45) is 0.447. The van der Waals surface area contributed by atoms with Crippen molar-refractivity contribution in [3.8, 4) is 0 Å². The number of carboxylic acid groups (broad SMARTS) is 1. The van der Waals surface area contributed by atoms with Gasteiger partial charge in [0.2, 0.25) is 0 Å². The lowest BCUT2D eigenvalue weighted by atomic mass is 10.1. The van der Waals surface area contributed by atoms with Gasteiger partial charge in [-0.2, -0.15) is 0 Å². The average Bonchev–Trinajstić information content (AvgIpc) is 2.00. The monoisotopic (exact) mass is 244 g/mol. The van der Waals surface area contributed by atoms with Gasteiger partial charge in [0.1, 0.15) is 6.04 Å². The summed E-state index contributed by atoms with van der Waals surface area (Å²) in [5.74, 6) is -0.736. The Kier molecular flexibility index (Phi) is 11.2. The largest absolute Gasteiger partial charge is 0.482 e. The second-order valence-electron chi connectivity index (χ2n) is 2.86. The van der Waals surface area contributed by atoms with Crippen LogP contribution in [0.1, 0.15) is 20.3 Å². The van der Waals surface area contributed by atoms with Crippen LogP contribution in [0.4, 0.5) is 0 Å². The molecule has 0 aliphatic carbocycles. The molecule has 0 saturated heterocycles. The molecule has 0 amide bonds. The smallest absolute Gasteiger partial charge is 0.480 e. The van der Waals surface area contributed by atoms with Crippen LogP contribution < -0.4 is 0 Å². The maximum absolute atomic E-state index is 10.5. The van der Waals surface area contributed by atoms with E-state index in [2.05, 4.69) is 0 Å². The Balaban J connectivity index is 0. The third kappa shape index (κ3) is 10.1. The summed E-state index contributed by atoms with van der Waals surface area (Å²) < 4.78 is 0.683. The first-order valence-electron chi connectivity index (χ1n) is 3.80. The highest BCUT2D eigenvalue weighted by Gasteiger charge is 2.23. The average molecular weight is 245 g/mol. The molecule has 0 aromatic heterocycles. The van der Waals surface area contributed by atoms with E-state index in [1.54, 1.807) is 0 Å². The van der Waals surface area contributed by atoms with Gasteiger partial charge in [-0.1, -0.05) is 13.8 Å². The van der Waals surface area contributed by atoms with Crippen LogP contribution in [0, 0.1) is 5.92 Å². The second-order valence-corrected chi connectivity index (χ2v) is 3.76. The maximum atomic E-state index is 10.5. The number of hydrogen-bond donors (Lipinski definition) is 3. The molecule has 83 valence electrons. The lowest BCUT2D eigenvalue weighted by molar-refractivity contribution is -0.140. The van der Waals surface area contributed by atoms with Crippen LogP contribution >= 0.6 is 23.6 Å². The minimum absolute atomic E-state index is 0. The van der Waals surface area contributed by atoms with Crippen molar-refractivity contribution < 1.29 is 19.9 Å². The Labute approximate surface area is 93.8 Å². The first-order valence-corrected chi connectivity index (χ1v) is 4.48. The van der Waals surface area contributed by atoms with Crippen molar-refractivity contribution >= 4 is 37.2 Å². The van der Waals surface area contributed by atoms with Crippen molar-refractivity contribution in [2.24, 2.45) is 5.92 Å². The number of halogens is 2. The number of carbonyl (C=O) groups is 1. The molecule has 0 bridgehead atoms. The van der Waals surface area contributed by atoms with E-state index in [1.165, 1.54) is 0 Å². The zero-order valence-corrected chi connectivity index (χ0v) is 9.40. The quantitative estimate of drug-likeness (QED) is 0.499. The Morgan fingerprint density at radius 2 is 1.79 bits per heavy atom. The van der Waals surface area contributed by atoms with Gasteiger partial charge >= 0.3 is 13.7 Å².